The first-order valence-electron chi connectivity index (χ1n) is 12.8. The highest BCUT2D eigenvalue weighted by atomic mass is 19.1. The van der Waals surface area contributed by atoms with Gasteiger partial charge in [-0.15, -0.1) is 0 Å². The zero-order valence-corrected chi connectivity index (χ0v) is 20.5. The highest BCUT2D eigenvalue weighted by molar-refractivity contribution is 5.97. The summed E-state index contributed by atoms with van der Waals surface area (Å²) < 4.78 is 40.5. The summed E-state index contributed by atoms with van der Waals surface area (Å²) in [4.78, 5) is 15.4. The van der Waals surface area contributed by atoms with Crippen LogP contribution in [0.5, 0.6) is 11.5 Å². The fourth-order valence-electron chi connectivity index (χ4n) is 5.84. The zero-order chi connectivity index (χ0) is 25.9. The molecule has 1 saturated heterocycles. The van der Waals surface area contributed by atoms with Gasteiger partial charge in [0.15, 0.2) is 5.60 Å². The van der Waals surface area contributed by atoms with E-state index in [0.29, 0.717) is 28.3 Å². The lowest BCUT2D eigenvalue weighted by Crippen LogP contribution is -2.34. The van der Waals surface area contributed by atoms with Crippen LogP contribution in [0.1, 0.15) is 46.3 Å². The molecule has 0 aromatic heterocycles. The van der Waals surface area contributed by atoms with Crippen LogP contribution in [0.3, 0.4) is 0 Å². The monoisotopic (exact) mass is 510 g/mol. The highest BCUT2D eigenvalue weighted by Gasteiger charge is 2.53. The van der Waals surface area contributed by atoms with Crippen molar-refractivity contribution in [3.8, 4) is 11.5 Å². The quantitative estimate of drug-likeness (QED) is 0.294. The largest absolute Gasteiger partial charge is 0.456 e. The molecule has 0 aliphatic carbocycles. The van der Waals surface area contributed by atoms with Crippen LogP contribution in [0.2, 0.25) is 0 Å². The Morgan fingerprint density at radius 3 is 2.37 bits per heavy atom. The minimum atomic E-state index is -1.17. The van der Waals surface area contributed by atoms with E-state index in [4.69, 9.17) is 9.47 Å². The number of anilines is 3. The average Bonchev–Trinajstić information content (AvgIpc) is 3.23. The second-order valence-electron chi connectivity index (χ2n) is 9.91. The van der Waals surface area contributed by atoms with E-state index in [2.05, 4.69) is 16.3 Å². The van der Waals surface area contributed by atoms with Crippen LogP contribution in [-0.4, -0.2) is 19.1 Å². The molecule has 1 unspecified atom stereocenters. The Hall–Kier alpha value is -4.39. The molecule has 5 nitrogen and oxygen atoms in total. The lowest BCUT2D eigenvalue weighted by Gasteiger charge is -2.37. The summed E-state index contributed by atoms with van der Waals surface area (Å²) in [5, 5.41) is 3.01. The van der Waals surface area contributed by atoms with Crippen LogP contribution in [-0.2, 0) is 10.3 Å². The molecule has 7 rings (SSSR count). The van der Waals surface area contributed by atoms with Crippen molar-refractivity contribution in [2.75, 3.05) is 23.3 Å². The van der Waals surface area contributed by atoms with Crippen molar-refractivity contribution in [1.82, 2.24) is 0 Å². The van der Waals surface area contributed by atoms with E-state index in [-0.39, 0.29) is 5.69 Å². The van der Waals surface area contributed by atoms with Crippen molar-refractivity contribution in [3.63, 3.8) is 0 Å². The van der Waals surface area contributed by atoms with E-state index in [1.165, 1.54) is 18.6 Å². The van der Waals surface area contributed by atoms with Gasteiger partial charge in [-0.25, -0.2) is 13.6 Å². The topological polar surface area (TPSA) is 50.8 Å². The molecule has 3 aliphatic heterocycles. The van der Waals surface area contributed by atoms with Crippen molar-refractivity contribution < 1.29 is 23.0 Å². The van der Waals surface area contributed by atoms with E-state index >= 15 is 0 Å². The van der Waals surface area contributed by atoms with E-state index < -0.39 is 23.2 Å². The van der Waals surface area contributed by atoms with E-state index in [1.54, 1.807) is 18.2 Å². The number of nitrogens with one attached hydrogen (secondary N) is 1. The molecule has 38 heavy (non-hydrogen) atoms. The molecule has 0 amide bonds. The summed E-state index contributed by atoms with van der Waals surface area (Å²) in [6, 6.07) is 22.2. The van der Waals surface area contributed by atoms with Gasteiger partial charge in [0.05, 0.1) is 11.3 Å². The van der Waals surface area contributed by atoms with Gasteiger partial charge in [-0.3, -0.25) is 0 Å². The predicted molar refractivity (Wildman–Crippen MR) is 140 cm³/mol. The van der Waals surface area contributed by atoms with Gasteiger partial charge in [0.2, 0.25) is 0 Å². The summed E-state index contributed by atoms with van der Waals surface area (Å²) in [7, 11) is 0. The molecule has 1 atom stereocenters. The molecule has 0 radical (unpaired) electrons. The number of piperidine rings is 1. The molecule has 1 spiro atoms. The maximum atomic E-state index is 14.3. The third-order valence-electron chi connectivity index (χ3n) is 7.63. The SMILES string of the molecule is O=C1OC2(c3ccc(Nc4ccc(F)cc4F)cc3Oc3cc(N4CCCCC4)ccc32)c2ccccc21. The number of esters is 1. The number of carbonyl (C=O) groups excluding carboxylic acids is 1. The first-order valence-corrected chi connectivity index (χ1v) is 12.8. The molecule has 1 N–H and O–H groups in total. The number of ether oxygens (including phenoxy) is 2. The summed E-state index contributed by atoms with van der Waals surface area (Å²) in [6.45, 7) is 1.96. The normalized spacial score (nSPS) is 19.3. The molecule has 3 heterocycles. The molecular weight excluding hydrogens is 486 g/mol. The van der Waals surface area contributed by atoms with E-state index in [1.807, 2.05) is 36.4 Å². The summed E-state index contributed by atoms with van der Waals surface area (Å²) in [5.74, 6) is -0.641. The Labute approximate surface area is 218 Å². The number of hydrogen-bond donors (Lipinski definition) is 1. The third kappa shape index (κ3) is 3.45. The average molecular weight is 511 g/mol. The van der Waals surface area contributed by atoms with Gasteiger partial charge < -0.3 is 19.7 Å². The van der Waals surface area contributed by atoms with Gasteiger partial charge >= 0.3 is 5.97 Å². The molecule has 3 aliphatic rings. The number of benzene rings is 4. The summed E-state index contributed by atoms with van der Waals surface area (Å²) >= 11 is 0. The molecule has 4 aromatic rings. The predicted octanol–water partition coefficient (Wildman–Crippen LogP) is 7.27. The molecule has 4 aromatic carbocycles. The number of hydrogen-bond acceptors (Lipinski definition) is 5. The number of halogens is 2. The van der Waals surface area contributed by atoms with Crippen molar-refractivity contribution >= 4 is 23.0 Å². The van der Waals surface area contributed by atoms with E-state index in [0.717, 1.165) is 48.8 Å². The minimum absolute atomic E-state index is 0.141. The third-order valence-corrected chi connectivity index (χ3v) is 7.63. The lowest BCUT2D eigenvalue weighted by molar-refractivity contribution is 0.0224. The molecule has 0 bridgehead atoms. The number of fused-ring (bicyclic) bond motifs is 6. The standard InChI is InChI=1S/C31H24F2N2O3/c32-19-8-13-27(26(33)16-19)34-20-9-11-24-28(17-20)37-29-18-21(35-14-4-1-5-15-35)10-12-25(29)31(24)23-7-3-2-6-22(23)30(36)38-31/h2-3,6-13,16-18,34H,1,4-5,14-15H2. The Morgan fingerprint density at radius 2 is 1.55 bits per heavy atom. The van der Waals surface area contributed by atoms with E-state index in [9.17, 15) is 13.6 Å². The Bertz CT molecular complexity index is 1600. The van der Waals surface area contributed by atoms with Crippen molar-refractivity contribution in [2.45, 2.75) is 24.9 Å². The fourth-order valence-corrected chi connectivity index (χ4v) is 5.84. The maximum absolute atomic E-state index is 14.3. The molecule has 0 saturated carbocycles. The molecule has 1 fully saturated rings. The molecule has 7 heteroatoms. The Morgan fingerprint density at radius 1 is 0.789 bits per heavy atom. The van der Waals surface area contributed by atoms with Gasteiger partial charge in [0.25, 0.3) is 0 Å². The van der Waals surface area contributed by atoms with Crippen LogP contribution in [0.25, 0.3) is 0 Å². The number of nitrogens with zero attached hydrogens (tertiary/aromatic N) is 1. The maximum Gasteiger partial charge on any atom is 0.340 e. The van der Waals surface area contributed by atoms with Gasteiger partial charge in [-0.1, -0.05) is 18.2 Å². The van der Waals surface area contributed by atoms with Gasteiger partial charge in [0.1, 0.15) is 23.1 Å². The summed E-state index contributed by atoms with van der Waals surface area (Å²) in [6.07, 6.45) is 3.51. The highest BCUT2D eigenvalue weighted by Crippen LogP contribution is 2.57. The Balaban J connectivity index is 1.37. The minimum Gasteiger partial charge on any atom is -0.456 e. The first-order chi connectivity index (χ1) is 18.5. The first kappa shape index (κ1) is 22.8. The van der Waals surface area contributed by atoms with Crippen LogP contribution >= 0.6 is 0 Å². The lowest BCUT2D eigenvalue weighted by atomic mass is 9.77. The van der Waals surface area contributed by atoms with Crippen LogP contribution in [0, 0.1) is 11.6 Å². The van der Waals surface area contributed by atoms with Gasteiger partial charge in [0, 0.05) is 59.4 Å². The van der Waals surface area contributed by atoms with Crippen LogP contribution in [0.4, 0.5) is 25.8 Å². The second kappa shape index (κ2) is 8.58. The van der Waals surface area contributed by atoms with Crippen LogP contribution < -0.4 is 15.0 Å². The smallest absolute Gasteiger partial charge is 0.340 e. The van der Waals surface area contributed by atoms with Gasteiger partial charge in [-0.05, 0) is 61.7 Å². The van der Waals surface area contributed by atoms with Gasteiger partial charge in [-0.2, -0.15) is 0 Å². The second-order valence-corrected chi connectivity index (χ2v) is 9.91. The Kier molecular flexibility index (Phi) is 5.15. The van der Waals surface area contributed by atoms with Crippen molar-refractivity contribution in [1.29, 1.82) is 0 Å². The number of rotatable bonds is 3. The van der Waals surface area contributed by atoms with Crippen LogP contribution in [0.15, 0.2) is 78.9 Å². The fraction of sp³-hybridized carbons (Fsp3) is 0.194. The molecule has 190 valence electrons. The zero-order valence-electron chi connectivity index (χ0n) is 20.5. The number of carbonyl (C=O) groups is 1. The van der Waals surface area contributed by atoms with Crippen molar-refractivity contribution in [2.24, 2.45) is 0 Å². The molecular formula is C31H24F2N2O3. The summed E-state index contributed by atoms with van der Waals surface area (Å²) in [5.41, 5.74) is 3.29. The van der Waals surface area contributed by atoms with Crippen molar-refractivity contribution in [3.05, 3.63) is 113 Å².